The molecule has 0 fully saturated rings. The molecular formula is C28H18. The zero-order valence-corrected chi connectivity index (χ0v) is 15.4. The van der Waals surface area contributed by atoms with E-state index in [0.29, 0.717) is 0 Å². The lowest BCUT2D eigenvalue weighted by atomic mass is 9.89. The summed E-state index contributed by atoms with van der Waals surface area (Å²) >= 11 is 0. The SMILES string of the molecule is c1ccc2c(c1)cc(-c1cccc3ccc4ccccc4c13)c1ccccc12. The molecule has 0 atom stereocenters. The minimum absolute atomic E-state index is 1.28. The molecule has 0 saturated heterocycles. The topological polar surface area (TPSA) is 0 Å². The Hall–Kier alpha value is -3.64. The number of hydrogen-bond acceptors (Lipinski definition) is 0. The van der Waals surface area contributed by atoms with Gasteiger partial charge in [0.25, 0.3) is 0 Å². The summed E-state index contributed by atoms with van der Waals surface area (Å²) in [5.74, 6) is 0. The number of hydrogen-bond donors (Lipinski definition) is 0. The van der Waals surface area contributed by atoms with Crippen LogP contribution in [0.1, 0.15) is 0 Å². The van der Waals surface area contributed by atoms with E-state index >= 15 is 0 Å². The molecule has 0 saturated carbocycles. The van der Waals surface area contributed by atoms with E-state index in [2.05, 4.69) is 109 Å². The summed E-state index contributed by atoms with van der Waals surface area (Å²) in [5, 5.41) is 10.4. The molecule has 0 nitrogen and oxygen atoms in total. The van der Waals surface area contributed by atoms with Crippen LogP contribution in [-0.2, 0) is 0 Å². The van der Waals surface area contributed by atoms with Crippen LogP contribution < -0.4 is 0 Å². The summed E-state index contributed by atoms with van der Waals surface area (Å²) in [6.07, 6.45) is 0. The maximum absolute atomic E-state index is 2.36. The molecule has 28 heavy (non-hydrogen) atoms. The van der Waals surface area contributed by atoms with Gasteiger partial charge in [-0.3, -0.25) is 0 Å². The maximum Gasteiger partial charge on any atom is -0.00266 e. The van der Waals surface area contributed by atoms with Gasteiger partial charge in [-0.15, -0.1) is 0 Å². The summed E-state index contributed by atoms with van der Waals surface area (Å²) in [4.78, 5) is 0. The summed E-state index contributed by atoms with van der Waals surface area (Å²) in [5.41, 5.74) is 2.60. The highest BCUT2D eigenvalue weighted by Gasteiger charge is 2.12. The van der Waals surface area contributed by atoms with Crippen LogP contribution in [-0.4, -0.2) is 0 Å². The molecule has 6 aromatic carbocycles. The van der Waals surface area contributed by atoms with Gasteiger partial charge in [0.1, 0.15) is 0 Å². The van der Waals surface area contributed by atoms with Crippen molar-refractivity contribution in [2.24, 2.45) is 0 Å². The third kappa shape index (κ3) is 2.18. The first kappa shape index (κ1) is 15.4. The van der Waals surface area contributed by atoms with Gasteiger partial charge in [0.2, 0.25) is 0 Å². The van der Waals surface area contributed by atoms with E-state index in [9.17, 15) is 0 Å². The fourth-order valence-electron chi connectivity index (χ4n) is 4.56. The fourth-order valence-corrected chi connectivity index (χ4v) is 4.56. The van der Waals surface area contributed by atoms with Gasteiger partial charge in [-0.05, 0) is 60.3 Å². The van der Waals surface area contributed by atoms with Crippen molar-refractivity contribution in [2.75, 3.05) is 0 Å². The third-order valence-electron chi connectivity index (χ3n) is 5.83. The molecule has 0 aliphatic heterocycles. The molecule has 0 N–H and O–H groups in total. The molecule has 0 amide bonds. The minimum atomic E-state index is 1.28. The lowest BCUT2D eigenvalue weighted by Gasteiger charge is -2.14. The van der Waals surface area contributed by atoms with Crippen molar-refractivity contribution < 1.29 is 0 Å². The Bertz CT molecular complexity index is 1500. The highest BCUT2D eigenvalue weighted by Crippen LogP contribution is 2.40. The van der Waals surface area contributed by atoms with Gasteiger partial charge in [0, 0.05) is 0 Å². The lowest BCUT2D eigenvalue weighted by molar-refractivity contribution is 1.71. The van der Waals surface area contributed by atoms with E-state index in [4.69, 9.17) is 0 Å². The molecule has 0 aromatic heterocycles. The molecule has 6 rings (SSSR count). The molecule has 0 spiro atoms. The highest BCUT2D eigenvalue weighted by molar-refractivity contribution is 6.20. The van der Waals surface area contributed by atoms with Gasteiger partial charge in [0.05, 0.1) is 0 Å². The monoisotopic (exact) mass is 354 g/mol. The maximum atomic E-state index is 2.36. The van der Waals surface area contributed by atoms with Crippen LogP contribution in [0.4, 0.5) is 0 Å². The van der Waals surface area contributed by atoms with Crippen LogP contribution in [0.15, 0.2) is 109 Å². The number of fused-ring (bicyclic) bond motifs is 6. The van der Waals surface area contributed by atoms with Crippen LogP contribution in [0.5, 0.6) is 0 Å². The zero-order chi connectivity index (χ0) is 18.5. The Morgan fingerprint density at radius 3 is 1.79 bits per heavy atom. The van der Waals surface area contributed by atoms with E-state index in [1.165, 1.54) is 54.2 Å². The quantitative estimate of drug-likeness (QED) is 0.263. The largest absolute Gasteiger partial charge is 0.0616 e. The van der Waals surface area contributed by atoms with Crippen LogP contribution in [0.3, 0.4) is 0 Å². The van der Waals surface area contributed by atoms with Gasteiger partial charge >= 0.3 is 0 Å². The summed E-state index contributed by atoms with van der Waals surface area (Å²) in [6.45, 7) is 0. The fraction of sp³-hybridized carbons (Fsp3) is 0. The second-order valence-corrected chi connectivity index (χ2v) is 7.38. The Labute approximate surface area is 163 Å². The van der Waals surface area contributed by atoms with Crippen LogP contribution >= 0.6 is 0 Å². The molecule has 0 aliphatic rings. The van der Waals surface area contributed by atoms with Crippen molar-refractivity contribution in [2.45, 2.75) is 0 Å². The molecule has 130 valence electrons. The summed E-state index contributed by atoms with van der Waals surface area (Å²) in [6, 6.07) is 39.6. The average Bonchev–Trinajstić information content (AvgIpc) is 2.78. The first-order valence-corrected chi connectivity index (χ1v) is 9.71. The highest BCUT2D eigenvalue weighted by atomic mass is 14.2. The van der Waals surface area contributed by atoms with Crippen molar-refractivity contribution in [3.05, 3.63) is 109 Å². The Morgan fingerprint density at radius 1 is 0.321 bits per heavy atom. The Morgan fingerprint density at radius 2 is 0.929 bits per heavy atom. The standard InChI is InChI=1S/C28H18/c1-4-12-23-19(8-1)16-17-20-10-7-15-26(28(20)23)27-18-21-9-2-3-11-22(21)24-13-5-6-14-25(24)27/h1-18H. The molecule has 0 bridgehead atoms. The smallest absolute Gasteiger partial charge is 0.00266 e. The number of benzene rings is 6. The van der Waals surface area contributed by atoms with Crippen molar-refractivity contribution in [1.29, 1.82) is 0 Å². The van der Waals surface area contributed by atoms with Crippen molar-refractivity contribution >= 4 is 43.1 Å². The predicted octanol–water partition coefficient (Wildman–Crippen LogP) is 7.97. The molecule has 0 radical (unpaired) electrons. The van der Waals surface area contributed by atoms with Crippen LogP contribution in [0.25, 0.3) is 54.2 Å². The first-order valence-electron chi connectivity index (χ1n) is 9.71. The summed E-state index contributed by atoms with van der Waals surface area (Å²) < 4.78 is 0. The second kappa shape index (κ2) is 5.94. The Balaban J connectivity index is 1.84. The molecular weight excluding hydrogens is 336 g/mol. The van der Waals surface area contributed by atoms with E-state index in [0.717, 1.165) is 0 Å². The van der Waals surface area contributed by atoms with Crippen LogP contribution in [0, 0.1) is 0 Å². The minimum Gasteiger partial charge on any atom is -0.0616 e. The van der Waals surface area contributed by atoms with E-state index < -0.39 is 0 Å². The first-order chi connectivity index (χ1) is 13.9. The zero-order valence-electron chi connectivity index (χ0n) is 15.4. The van der Waals surface area contributed by atoms with Gasteiger partial charge in [-0.25, -0.2) is 0 Å². The van der Waals surface area contributed by atoms with E-state index in [1.807, 2.05) is 0 Å². The number of rotatable bonds is 1. The van der Waals surface area contributed by atoms with Crippen LogP contribution in [0.2, 0.25) is 0 Å². The van der Waals surface area contributed by atoms with Crippen molar-refractivity contribution in [3.8, 4) is 11.1 Å². The molecule has 0 heterocycles. The molecule has 0 heteroatoms. The predicted molar refractivity (Wildman–Crippen MR) is 122 cm³/mol. The molecule has 6 aromatic rings. The van der Waals surface area contributed by atoms with Gasteiger partial charge in [0.15, 0.2) is 0 Å². The molecule has 0 aliphatic carbocycles. The van der Waals surface area contributed by atoms with E-state index in [1.54, 1.807) is 0 Å². The van der Waals surface area contributed by atoms with Gasteiger partial charge in [-0.2, -0.15) is 0 Å². The van der Waals surface area contributed by atoms with Gasteiger partial charge in [-0.1, -0.05) is 103 Å². The van der Waals surface area contributed by atoms with E-state index in [-0.39, 0.29) is 0 Å². The third-order valence-corrected chi connectivity index (χ3v) is 5.83. The second-order valence-electron chi connectivity index (χ2n) is 7.38. The average molecular weight is 354 g/mol. The van der Waals surface area contributed by atoms with Crippen molar-refractivity contribution in [3.63, 3.8) is 0 Å². The van der Waals surface area contributed by atoms with Gasteiger partial charge < -0.3 is 0 Å². The van der Waals surface area contributed by atoms with Crippen molar-refractivity contribution in [1.82, 2.24) is 0 Å². The Kier molecular flexibility index (Phi) is 3.27. The summed E-state index contributed by atoms with van der Waals surface area (Å²) in [7, 11) is 0. The molecule has 0 unspecified atom stereocenters. The normalized spacial score (nSPS) is 11.6. The lowest BCUT2D eigenvalue weighted by Crippen LogP contribution is -1.87.